The fraction of sp³-hybridized carbons (Fsp3) is 0.111. The fourth-order valence-electron chi connectivity index (χ4n) is 2.36. The van der Waals surface area contributed by atoms with Crippen molar-refractivity contribution in [1.82, 2.24) is 4.98 Å². The first-order valence-corrected chi connectivity index (χ1v) is 11.1. The summed E-state index contributed by atoms with van der Waals surface area (Å²) in [5.41, 5.74) is 2.77. The van der Waals surface area contributed by atoms with Crippen LogP contribution in [0.15, 0.2) is 57.2 Å². The molecule has 0 aliphatic heterocycles. The Morgan fingerprint density at radius 3 is 2.58 bits per heavy atom. The second-order valence-corrected chi connectivity index (χ2v) is 9.63. The third-order valence-electron chi connectivity index (χ3n) is 3.65. The summed E-state index contributed by atoms with van der Waals surface area (Å²) in [6.45, 7) is 1.94. The number of carbonyl (C=O) groups is 1. The zero-order valence-electron chi connectivity index (χ0n) is 14.0. The summed E-state index contributed by atoms with van der Waals surface area (Å²) >= 11 is 4.84. The average molecular weight is 451 g/mol. The van der Waals surface area contributed by atoms with E-state index in [1.54, 1.807) is 17.4 Å². The Hall–Kier alpha value is -2.03. The lowest BCUT2D eigenvalue weighted by Crippen LogP contribution is -2.13. The molecule has 5 nitrogen and oxygen atoms in total. The van der Waals surface area contributed by atoms with E-state index in [1.807, 2.05) is 30.5 Å². The highest BCUT2D eigenvalue weighted by atomic mass is 79.9. The Kier molecular flexibility index (Phi) is 5.27. The van der Waals surface area contributed by atoms with Crippen LogP contribution in [0.1, 0.15) is 15.4 Å². The number of carbonyl (C=O) groups excluding carboxylic acids is 1. The second kappa shape index (κ2) is 7.30. The van der Waals surface area contributed by atoms with Gasteiger partial charge >= 0.3 is 0 Å². The number of benzene rings is 2. The number of halogens is 1. The molecule has 1 N–H and O–H groups in total. The van der Waals surface area contributed by atoms with Gasteiger partial charge in [-0.2, -0.15) is 0 Å². The number of thiazole rings is 1. The van der Waals surface area contributed by atoms with Gasteiger partial charge in [-0.3, -0.25) is 4.79 Å². The van der Waals surface area contributed by atoms with Gasteiger partial charge in [0.2, 0.25) is 0 Å². The molecule has 0 aliphatic carbocycles. The monoisotopic (exact) mass is 450 g/mol. The van der Waals surface area contributed by atoms with E-state index in [2.05, 4.69) is 26.2 Å². The minimum Gasteiger partial charge on any atom is -0.322 e. The standard InChI is InChI=1S/C18H15BrN2O3S2/c1-11-20-17(10-25-11)12-4-3-5-13(8-12)21-18(22)15-7-6-14(9-16(15)19)26(2,23)24/h3-10H,1-2H3,(H,21,22). The van der Waals surface area contributed by atoms with Gasteiger partial charge < -0.3 is 5.32 Å². The first-order chi connectivity index (χ1) is 12.2. The molecule has 3 aromatic rings. The lowest BCUT2D eigenvalue weighted by Gasteiger charge is -2.09. The Bertz CT molecular complexity index is 1090. The highest BCUT2D eigenvalue weighted by Crippen LogP contribution is 2.26. The molecule has 8 heteroatoms. The molecule has 26 heavy (non-hydrogen) atoms. The number of rotatable bonds is 4. The molecule has 0 saturated heterocycles. The van der Waals surface area contributed by atoms with E-state index in [0.29, 0.717) is 15.7 Å². The molecule has 0 unspecified atom stereocenters. The van der Waals surface area contributed by atoms with Gasteiger partial charge in [-0.1, -0.05) is 12.1 Å². The average Bonchev–Trinajstić information content (AvgIpc) is 3.00. The van der Waals surface area contributed by atoms with Crippen molar-refractivity contribution < 1.29 is 13.2 Å². The molecular weight excluding hydrogens is 436 g/mol. The van der Waals surface area contributed by atoms with Crippen LogP contribution in [0.3, 0.4) is 0 Å². The summed E-state index contributed by atoms with van der Waals surface area (Å²) in [6, 6.07) is 11.8. The van der Waals surface area contributed by atoms with Gasteiger partial charge in [0.05, 0.1) is 21.2 Å². The van der Waals surface area contributed by atoms with Crippen LogP contribution in [0.2, 0.25) is 0 Å². The molecule has 1 heterocycles. The van der Waals surface area contributed by atoms with E-state index < -0.39 is 9.84 Å². The van der Waals surface area contributed by atoms with Crippen LogP contribution in [0, 0.1) is 6.92 Å². The number of hydrogen-bond acceptors (Lipinski definition) is 5. The number of anilines is 1. The van der Waals surface area contributed by atoms with E-state index in [-0.39, 0.29) is 10.8 Å². The maximum atomic E-state index is 12.5. The van der Waals surface area contributed by atoms with Gasteiger partial charge in [0.25, 0.3) is 5.91 Å². The summed E-state index contributed by atoms with van der Waals surface area (Å²) in [5, 5.41) is 5.78. The van der Waals surface area contributed by atoms with E-state index in [4.69, 9.17) is 0 Å². The summed E-state index contributed by atoms with van der Waals surface area (Å²) in [6.07, 6.45) is 1.13. The third kappa shape index (κ3) is 4.20. The zero-order chi connectivity index (χ0) is 18.9. The first kappa shape index (κ1) is 18.8. The minimum atomic E-state index is -3.33. The quantitative estimate of drug-likeness (QED) is 0.632. The summed E-state index contributed by atoms with van der Waals surface area (Å²) in [4.78, 5) is 17.1. The van der Waals surface area contributed by atoms with E-state index in [1.165, 1.54) is 18.2 Å². The van der Waals surface area contributed by atoms with Crippen LogP contribution in [-0.2, 0) is 9.84 Å². The van der Waals surface area contributed by atoms with Crippen molar-refractivity contribution in [1.29, 1.82) is 0 Å². The van der Waals surface area contributed by atoms with Crippen molar-refractivity contribution in [3.8, 4) is 11.3 Å². The van der Waals surface area contributed by atoms with Crippen molar-refractivity contribution in [2.45, 2.75) is 11.8 Å². The van der Waals surface area contributed by atoms with Crippen LogP contribution in [0.4, 0.5) is 5.69 Å². The number of nitrogens with zero attached hydrogens (tertiary/aromatic N) is 1. The summed E-state index contributed by atoms with van der Waals surface area (Å²) < 4.78 is 23.6. The van der Waals surface area contributed by atoms with E-state index in [0.717, 1.165) is 22.5 Å². The Balaban J connectivity index is 1.84. The van der Waals surface area contributed by atoms with Crippen molar-refractivity contribution in [3.63, 3.8) is 0 Å². The van der Waals surface area contributed by atoms with Crippen LogP contribution in [0.25, 0.3) is 11.3 Å². The molecule has 1 amide bonds. The first-order valence-electron chi connectivity index (χ1n) is 7.57. The van der Waals surface area contributed by atoms with E-state index >= 15 is 0 Å². The predicted molar refractivity (Wildman–Crippen MR) is 107 cm³/mol. The number of amides is 1. The number of hydrogen-bond donors (Lipinski definition) is 1. The number of sulfone groups is 1. The molecule has 0 aliphatic rings. The lowest BCUT2D eigenvalue weighted by atomic mass is 10.1. The molecule has 0 spiro atoms. The molecule has 3 rings (SSSR count). The van der Waals surface area contributed by atoms with Gasteiger partial charge in [0.1, 0.15) is 0 Å². The van der Waals surface area contributed by atoms with Crippen LogP contribution in [0.5, 0.6) is 0 Å². The molecule has 134 valence electrons. The largest absolute Gasteiger partial charge is 0.322 e. The molecule has 0 fully saturated rings. The maximum absolute atomic E-state index is 12.5. The topological polar surface area (TPSA) is 76.1 Å². The molecular formula is C18H15BrN2O3S2. The number of aromatic nitrogens is 1. The van der Waals surface area contributed by atoms with Crippen LogP contribution < -0.4 is 5.32 Å². The highest BCUT2D eigenvalue weighted by Gasteiger charge is 2.15. The third-order valence-corrected chi connectivity index (χ3v) is 6.19. The Morgan fingerprint density at radius 2 is 1.96 bits per heavy atom. The van der Waals surface area contributed by atoms with Crippen LogP contribution in [-0.4, -0.2) is 25.6 Å². The lowest BCUT2D eigenvalue weighted by molar-refractivity contribution is 0.102. The van der Waals surface area contributed by atoms with Gasteiger partial charge in [-0.25, -0.2) is 13.4 Å². The maximum Gasteiger partial charge on any atom is 0.256 e. The van der Waals surface area contributed by atoms with Crippen molar-refractivity contribution in [2.75, 3.05) is 11.6 Å². The van der Waals surface area contributed by atoms with Crippen molar-refractivity contribution in [3.05, 3.63) is 62.9 Å². The molecule has 0 radical (unpaired) electrons. The van der Waals surface area contributed by atoms with Crippen molar-refractivity contribution in [2.24, 2.45) is 0 Å². The second-order valence-electron chi connectivity index (χ2n) is 5.70. The summed E-state index contributed by atoms with van der Waals surface area (Å²) in [7, 11) is -3.33. The number of aryl methyl sites for hydroxylation is 1. The SMILES string of the molecule is Cc1nc(-c2cccc(NC(=O)c3ccc(S(C)(=O)=O)cc3Br)c2)cs1. The fourth-order valence-corrected chi connectivity index (χ4v) is 4.34. The molecule has 2 aromatic carbocycles. The van der Waals surface area contributed by atoms with Crippen molar-refractivity contribution >= 4 is 48.7 Å². The Morgan fingerprint density at radius 1 is 1.19 bits per heavy atom. The zero-order valence-corrected chi connectivity index (χ0v) is 17.2. The molecule has 1 aromatic heterocycles. The van der Waals surface area contributed by atoms with Gasteiger partial charge in [0, 0.05) is 27.4 Å². The normalized spacial score (nSPS) is 11.3. The van der Waals surface area contributed by atoms with Gasteiger partial charge in [0.15, 0.2) is 9.84 Å². The molecule has 0 saturated carbocycles. The Labute approximate surface area is 164 Å². The molecule has 0 bridgehead atoms. The molecule has 0 atom stereocenters. The van der Waals surface area contributed by atoms with Gasteiger partial charge in [-0.05, 0) is 53.2 Å². The smallest absolute Gasteiger partial charge is 0.256 e. The summed E-state index contributed by atoms with van der Waals surface area (Å²) in [5.74, 6) is -0.330. The predicted octanol–water partition coefficient (Wildman–Crippen LogP) is 4.54. The van der Waals surface area contributed by atoms with Gasteiger partial charge in [-0.15, -0.1) is 11.3 Å². The number of nitrogens with one attached hydrogen (secondary N) is 1. The van der Waals surface area contributed by atoms with E-state index in [9.17, 15) is 13.2 Å². The van der Waals surface area contributed by atoms with Crippen LogP contribution >= 0.6 is 27.3 Å². The highest BCUT2D eigenvalue weighted by molar-refractivity contribution is 9.10. The minimum absolute atomic E-state index is 0.154.